The van der Waals surface area contributed by atoms with Gasteiger partial charge in [0.2, 0.25) is 0 Å². The Morgan fingerprint density at radius 3 is 2.24 bits per heavy atom. The van der Waals surface area contributed by atoms with Crippen LogP contribution in [0.15, 0.2) is 102 Å². The average molecular weight is 828 g/mol. The van der Waals surface area contributed by atoms with Crippen LogP contribution in [0.25, 0.3) is 60.8 Å². The number of nitrogens with zero attached hydrogens (tertiary/aromatic N) is 3. The number of ether oxygens (including phenoxy) is 1. The van der Waals surface area contributed by atoms with E-state index in [-0.39, 0.29) is 43.5 Å². The molecule has 0 saturated carbocycles. The Kier molecular flexibility index (Phi) is 7.68. The summed E-state index contributed by atoms with van der Waals surface area (Å²) in [5.74, 6) is 1.05. The number of rotatable bonds is 4. The minimum absolute atomic E-state index is 0. The third-order valence-corrected chi connectivity index (χ3v) is 8.86. The second-order valence-electron chi connectivity index (χ2n) is 14.3. The van der Waals surface area contributed by atoms with Crippen LogP contribution in [0.3, 0.4) is 0 Å². The number of furan rings is 1. The smallest absolute Gasteiger partial charge is 0.503 e. The van der Waals surface area contributed by atoms with Gasteiger partial charge in [0.25, 0.3) is 0 Å². The van der Waals surface area contributed by atoms with Gasteiger partial charge in [-0.05, 0) is 69.4 Å². The molecule has 49 heavy (non-hydrogen) atoms. The first-order valence-corrected chi connectivity index (χ1v) is 16.0. The van der Waals surface area contributed by atoms with Crippen LogP contribution in [0.5, 0.6) is 11.5 Å². The molecule has 0 unspecified atom stereocenters. The first-order valence-electron chi connectivity index (χ1n) is 16.5. The fraction of sp³-hybridized carbons (Fsp3) is 0.190. The topological polar surface area (TPSA) is 53.1 Å². The minimum atomic E-state index is -0.651. The molecule has 0 aliphatic heterocycles. The molecular weight excluding hydrogens is 793 g/mol. The van der Waals surface area contributed by atoms with Crippen LogP contribution in [0.4, 0.5) is 4.39 Å². The van der Waals surface area contributed by atoms with E-state index in [2.05, 4.69) is 87.5 Å². The standard InChI is InChI=1S/C42H34FN3O2.Pt/c1-41(2,3)25-15-17-44-35(19-25)34-23-29(22-33-32-13-11-27(43)21-38(32)48-40(33)34)47-28-12-14-31-30-9-7-8-10-36(30)46(37(31)24-28)39-20-26(16-18-45-39)42(4,5)6;/h7-22H,1-6H3;/q-2;+2/i21D;. The van der Waals surface area contributed by atoms with Crippen molar-refractivity contribution >= 4 is 43.7 Å². The van der Waals surface area contributed by atoms with Crippen molar-refractivity contribution in [3.63, 3.8) is 0 Å². The molecule has 5 nitrogen and oxygen atoms in total. The summed E-state index contributed by atoms with van der Waals surface area (Å²) in [4.78, 5) is 9.47. The predicted octanol–water partition coefficient (Wildman–Crippen LogP) is 11.3. The summed E-state index contributed by atoms with van der Waals surface area (Å²) in [6.07, 6.45) is 3.62. The maximum atomic E-state index is 14.5. The number of para-hydroxylation sites is 1. The number of benzene rings is 4. The van der Waals surface area contributed by atoms with Gasteiger partial charge >= 0.3 is 21.1 Å². The summed E-state index contributed by atoms with van der Waals surface area (Å²) in [5, 5.41) is 3.40. The molecule has 4 heterocycles. The van der Waals surface area contributed by atoms with Crippen LogP contribution in [0.1, 0.15) is 54.0 Å². The molecule has 8 rings (SSSR count). The maximum absolute atomic E-state index is 14.5. The van der Waals surface area contributed by atoms with Gasteiger partial charge in [0.05, 0.1) is 6.95 Å². The molecule has 4 aromatic heterocycles. The van der Waals surface area contributed by atoms with Crippen LogP contribution in [-0.4, -0.2) is 14.5 Å². The second-order valence-corrected chi connectivity index (χ2v) is 14.3. The van der Waals surface area contributed by atoms with Crippen molar-refractivity contribution in [1.82, 2.24) is 14.5 Å². The van der Waals surface area contributed by atoms with Crippen molar-refractivity contribution in [3.8, 4) is 28.6 Å². The molecule has 7 heteroatoms. The van der Waals surface area contributed by atoms with Crippen molar-refractivity contribution in [3.05, 3.63) is 126 Å². The van der Waals surface area contributed by atoms with Gasteiger partial charge in [-0.1, -0.05) is 94.4 Å². The Hall–Kier alpha value is -4.80. The molecule has 0 atom stereocenters. The van der Waals surface area contributed by atoms with Crippen LogP contribution < -0.4 is 4.74 Å². The van der Waals surface area contributed by atoms with Gasteiger partial charge in [-0.3, -0.25) is 0 Å². The molecule has 0 fully saturated rings. The van der Waals surface area contributed by atoms with Gasteiger partial charge in [-0.15, -0.1) is 17.5 Å². The summed E-state index contributed by atoms with van der Waals surface area (Å²) < 4.78 is 37.7. The van der Waals surface area contributed by atoms with Gasteiger partial charge in [-0.2, -0.15) is 6.07 Å². The molecule has 0 N–H and O–H groups in total. The molecule has 0 radical (unpaired) electrons. The Bertz CT molecular complexity index is 2590. The summed E-state index contributed by atoms with van der Waals surface area (Å²) in [7, 11) is 0. The normalized spacial score (nSPS) is 12.5. The van der Waals surface area contributed by atoms with Gasteiger partial charge in [0.15, 0.2) is 0 Å². The van der Waals surface area contributed by atoms with Crippen LogP contribution in [0.2, 0.25) is 0 Å². The fourth-order valence-corrected chi connectivity index (χ4v) is 6.26. The van der Waals surface area contributed by atoms with Crippen molar-refractivity contribution in [2.45, 2.75) is 52.4 Å². The van der Waals surface area contributed by atoms with E-state index in [0.717, 1.165) is 33.2 Å². The number of hydrogen-bond donors (Lipinski definition) is 0. The van der Waals surface area contributed by atoms with Crippen molar-refractivity contribution < 1.29 is 36.0 Å². The van der Waals surface area contributed by atoms with Crippen molar-refractivity contribution in [1.29, 1.82) is 0 Å². The number of halogens is 1. The summed E-state index contributed by atoms with van der Waals surface area (Å²) in [6.45, 7) is 13.0. The molecule has 0 saturated heterocycles. The van der Waals surface area contributed by atoms with E-state index in [9.17, 15) is 4.39 Å². The molecule has 0 aliphatic rings. The summed E-state index contributed by atoms with van der Waals surface area (Å²) in [5.41, 5.74) is 5.77. The first kappa shape index (κ1) is 31.5. The minimum Gasteiger partial charge on any atom is -0.503 e. The molecule has 0 amide bonds. The largest absolute Gasteiger partial charge is 2.00 e. The van der Waals surface area contributed by atoms with Crippen molar-refractivity contribution in [2.24, 2.45) is 0 Å². The summed E-state index contributed by atoms with van der Waals surface area (Å²) >= 11 is 0. The van der Waals surface area contributed by atoms with Crippen LogP contribution >= 0.6 is 0 Å². The Balaban J connectivity index is 0.00000392. The molecule has 0 aliphatic carbocycles. The Morgan fingerprint density at radius 2 is 1.47 bits per heavy atom. The Labute approximate surface area is 300 Å². The van der Waals surface area contributed by atoms with Crippen LogP contribution in [-0.2, 0) is 31.9 Å². The zero-order valence-corrected chi connectivity index (χ0v) is 30.3. The number of fused-ring (bicyclic) bond motifs is 6. The average Bonchev–Trinajstić information content (AvgIpc) is 3.61. The van der Waals surface area contributed by atoms with E-state index >= 15 is 0 Å². The SMILES string of the molecule is [2H]c1c(F)ccc2c1oc1c(-c3cc(C(C)(C)C)ccn3)[c-]c(Oc3[c-]c4c(cc3)c3ccccc3n4-c3cc(C(C)(C)C)ccn3)cc12.[Pt+2]. The zero-order chi connectivity index (χ0) is 34.2. The van der Waals surface area contributed by atoms with E-state index in [1.165, 1.54) is 11.6 Å². The van der Waals surface area contributed by atoms with Gasteiger partial charge in [0.1, 0.15) is 17.2 Å². The quantitative estimate of drug-likeness (QED) is 0.166. The summed E-state index contributed by atoms with van der Waals surface area (Å²) in [6, 6.07) is 31.8. The molecular formula is C42H34FN3O2Pt. The third-order valence-electron chi connectivity index (χ3n) is 8.86. The third kappa shape index (κ3) is 5.82. The predicted molar refractivity (Wildman–Crippen MR) is 191 cm³/mol. The zero-order valence-electron chi connectivity index (χ0n) is 29.0. The second kappa shape index (κ2) is 12.0. The van der Waals surface area contributed by atoms with E-state index in [0.29, 0.717) is 39.1 Å². The number of aromatic nitrogens is 3. The number of hydrogen-bond acceptors (Lipinski definition) is 4. The van der Waals surface area contributed by atoms with Gasteiger partial charge in [0, 0.05) is 40.8 Å². The van der Waals surface area contributed by atoms with E-state index < -0.39 is 5.82 Å². The Morgan fingerprint density at radius 1 is 0.755 bits per heavy atom. The van der Waals surface area contributed by atoms with Gasteiger partial charge < -0.3 is 18.7 Å². The van der Waals surface area contributed by atoms with Gasteiger partial charge in [-0.25, -0.2) is 9.37 Å². The molecule has 4 aromatic carbocycles. The molecule has 246 valence electrons. The molecule has 0 bridgehead atoms. The molecule has 0 spiro atoms. The van der Waals surface area contributed by atoms with E-state index in [1.54, 1.807) is 12.3 Å². The monoisotopic (exact) mass is 827 g/mol. The fourth-order valence-electron chi connectivity index (χ4n) is 6.26. The van der Waals surface area contributed by atoms with E-state index in [4.69, 9.17) is 15.5 Å². The first-order chi connectivity index (χ1) is 23.4. The van der Waals surface area contributed by atoms with E-state index in [1.807, 2.05) is 48.7 Å². The van der Waals surface area contributed by atoms with Crippen LogP contribution in [0, 0.1) is 17.9 Å². The number of pyridine rings is 2. The molecule has 8 aromatic rings. The maximum Gasteiger partial charge on any atom is 2.00 e. The van der Waals surface area contributed by atoms with Crippen molar-refractivity contribution in [2.75, 3.05) is 0 Å².